The Balaban J connectivity index is 1.48. The molecule has 0 bridgehead atoms. The summed E-state index contributed by atoms with van der Waals surface area (Å²) < 4.78 is 5.45. The molecule has 4 aromatic rings. The van der Waals surface area contributed by atoms with Gasteiger partial charge in [-0.2, -0.15) is 10.1 Å². The van der Waals surface area contributed by atoms with Gasteiger partial charge < -0.3 is 15.0 Å². The number of nitrogens with zero attached hydrogens (tertiary/aromatic N) is 5. The fraction of sp³-hybridized carbons (Fsp3) is 0.200. The first-order chi connectivity index (χ1) is 16.2. The lowest BCUT2D eigenvalue weighted by atomic mass is 9.91. The molecule has 0 atom stereocenters. The molecule has 6 rings (SSSR count). The number of methoxy groups -OCH3 is 1. The molecule has 2 N–H and O–H groups in total. The minimum Gasteiger partial charge on any atom is -0.495 e. The first-order valence-corrected chi connectivity index (χ1v) is 11.0. The van der Waals surface area contributed by atoms with E-state index < -0.39 is 0 Å². The number of hydrogen-bond acceptors (Lipinski definition) is 7. The zero-order valence-corrected chi connectivity index (χ0v) is 18.5. The Morgan fingerprint density at radius 2 is 2.03 bits per heavy atom. The molecule has 0 amide bonds. The molecule has 0 unspecified atom stereocenters. The number of aryl methyl sites for hydroxylation is 1. The number of benzene rings is 2. The molecule has 2 aromatic heterocycles. The van der Waals surface area contributed by atoms with Gasteiger partial charge in [0, 0.05) is 35.8 Å². The normalized spacial score (nSPS) is 14.9. The fourth-order valence-corrected chi connectivity index (χ4v) is 4.56. The largest absolute Gasteiger partial charge is 0.495 e. The van der Waals surface area contributed by atoms with Crippen LogP contribution in [0.3, 0.4) is 0 Å². The van der Waals surface area contributed by atoms with Crippen LogP contribution in [0.25, 0.3) is 22.6 Å². The van der Waals surface area contributed by atoms with E-state index in [4.69, 9.17) is 14.7 Å². The van der Waals surface area contributed by atoms with Gasteiger partial charge in [0.05, 0.1) is 24.5 Å². The third-order valence-electron chi connectivity index (χ3n) is 6.10. The number of aromatic nitrogens is 4. The summed E-state index contributed by atoms with van der Waals surface area (Å²) in [5, 5.41) is 11.7. The third kappa shape index (κ3) is 3.22. The summed E-state index contributed by atoms with van der Waals surface area (Å²) in [5.41, 5.74) is 6.22. The molecule has 0 spiro atoms. The predicted octanol–water partition coefficient (Wildman–Crippen LogP) is 4.58. The van der Waals surface area contributed by atoms with E-state index in [0.717, 1.165) is 70.2 Å². The van der Waals surface area contributed by atoms with E-state index >= 15 is 0 Å². The van der Waals surface area contributed by atoms with Crippen LogP contribution < -0.4 is 15.0 Å². The average Bonchev–Trinajstić information content (AvgIpc) is 3.33. The molecule has 2 aliphatic heterocycles. The standard InChI is InChI=1S/C25H23N7O/c1-15-8-9-19-18(14-28-31-19)22(15)17-12-16-13-27-25(29-20-6-3-4-7-21(20)33-2)30-23(16)32-11-5-10-26-24(17)32/h3-4,6-9,12-14H,5,10-11H2,1-2H3,(H,28,31)(H,27,29,30). The van der Waals surface area contributed by atoms with Gasteiger partial charge in [-0.25, -0.2) is 4.98 Å². The fourth-order valence-electron chi connectivity index (χ4n) is 4.56. The second kappa shape index (κ2) is 7.74. The number of ether oxygens (including phenoxy) is 1. The quantitative estimate of drug-likeness (QED) is 0.486. The van der Waals surface area contributed by atoms with Crippen LogP contribution in [0.4, 0.5) is 17.5 Å². The van der Waals surface area contributed by atoms with Crippen molar-refractivity contribution >= 4 is 45.8 Å². The van der Waals surface area contributed by atoms with E-state index in [1.807, 2.05) is 36.7 Å². The van der Waals surface area contributed by atoms with Gasteiger partial charge in [-0.1, -0.05) is 18.2 Å². The van der Waals surface area contributed by atoms with Crippen LogP contribution in [-0.4, -0.2) is 46.2 Å². The number of amidine groups is 1. The van der Waals surface area contributed by atoms with Crippen LogP contribution in [0.2, 0.25) is 0 Å². The second-order valence-electron chi connectivity index (χ2n) is 8.16. The summed E-state index contributed by atoms with van der Waals surface area (Å²) >= 11 is 0. The molecular formula is C25H23N7O. The smallest absolute Gasteiger partial charge is 0.229 e. The van der Waals surface area contributed by atoms with Crippen molar-refractivity contribution in [1.29, 1.82) is 0 Å². The van der Waals surface area contributed by atoms with Crippen LogP contribution in [0.5, 0.6) is 5.75 Å². The molecule has 8 nitrogen and oxygen atoms in total. The average molecular weight is 438 g/mol. The number of aliphatic imine (C=N–C) groups is 1. The van der Waals surface area contributed by atoms with Crippen molar-refractivity contribution in [3.8, 4) is 5.75 Å². The zero-order chi connectivity index (χ0) is 22.4. The molecule has 0 fully saturated rings. The van der Waals surface area contributed by atoms with Crippen molar-refractivity contribution in [3.63, 3.8) is 0 Å². The van der Waals surface area contributed by atoms with Crippen LogP contribution in [0.1, 0.15) is 23.1 Å². The summed E-state index contributed by atoms with van der Waals surface area (Å²) in [5.74, 6) is 3.08. The van der Waals surface area contributed by atoms with Crippen molar-refractivity contribution < 1.29 is 4.74 Å². The molecule has 2 aromatic carbocycles. The second-order valence-corrected chi connectivity index (χ2v) is 8.16. The van der Waals surface area contributed by atoms with Crippen LogP contribution in [0, 0.1) is 6.92 Å². The van der Waals surface area contributed by atoms with E-state index in [-0.39, 0.29) is 0 Å². The van der Waals surface area contributed by atoms with Gasteiger partial charge >= 0.3 is 0 Å². The maximum Gasteiger partial charge on any atom is 0.229 e. The Labute approximate surface area is 191 Å². The number of H-pyrrole nitrogens is 1. The Morgan fingerprint density at radius 3 is 2.94 bits per heavy atom. The number of nitrogens with one attached hydrogen (secondary N) is 2. The summed E-state index contributed by atoms with van der Waals surface area (Å²) in [6.07, 6.45) is 6.89. The van der Waals surface area contributed by atoms with Crippen molar-refractivity contribution in [2.24, 2.45) is 4.99 Å². The van der Waals surface area contributed by atoms with Gasteiger partial charge in [0.15, 0.2) is 0 Å². The molecule has 0 radical (unpaired) electrons. The predicted molar refractivity (Wildman–Crippen MR) is 131 cm³/mol. The van der Waals surface area contributed by atoms with Gasteiger partial charge in [0.1, 0.15) is 17.4 Å². The molecule has 4 heterocycles. The highest BCUT2D eigenvalue weighted by Gasteiger charge is 2.31. The third-order valence-corrected chi connectivity index (χ3v) is 6.10. The van der Waals surface area contributed by atoms with Gasteiger partial charge in [-0.3, -0.25) is 10.1 Å². The lowest BCUT2D eigenvalue weighted by molar-refractivity contribution is 0.417. The molecule has 33 heavy (non-hydrogen) atoms. The van der Waals surface area contributed by atoms with Gasteiger partial charge in [-0.15, -0.1) is 0 Å². The summed E-state index contributed by atoms with van der Waals surface area (Å²) in [7, 11) is 1.65. The highest BCUT2D eigenvalue weighted by atomic mass is 16.5. The minimum atomic E-state index is 0.521. The number of aromatic amines is 1. The van der Waals surface area contributed by atoms with E-state index in [1.54, 1.807) is 7.11 Å². The monoisotopic (exact) mass is 437 g/mol. The molecule has 0 saturated carbocycles. The Hall–Kier alpha value is -4.20. The number of rotatable bonds is 4. The van der Waals surface area contributed by atoms with Crippen LogP contribution >= 0.6 is 0 Å². The Bertz CT molecular complexity index is 1440. The summed E-state index contributed by atoms with van der Waals surface area (Å²) in [6, 6.07) is 11.9. The SMILES string of the molecule is COc1ccccc1Nc1ncc2c(n1)N1CCCN=C1C(c1c(C)ccc3[nH]ncc13)=C2. The number of anilines is 3. The van der Waals surface area contributed by atoms with E-state index in [9.17, 15) is 0 Å². The van der Waals surface area contributed by atoms with Crippen molar-refractivity contribution in [1.82, 2.24) is 20.2 Å². The maximum absolute atomic E-state index is 5.45. The minimum absolute atomic E-state index is 0.521. The van der Waals surface area contributed by atoms with E-state index in [1.165, 1.54) is 5.56 Å². The molecule has 164 valence electrons. The molecule has 0 aliphatic carbocycles. The maximum atomic E-state index is 5.45. The number of para-hydroxylation sites is 2. The Kier molecular flexibility index (Phi) is 4.57. The van der Waals surface area contributed by atoms with Crippen LogP contribution in [-0.2, 0) is 0 Å². The molecular weight excluding hydrogens is 414 g/mol. The first kappa shape index (κ1) is 19.5. The van der Waals surface area contributed by atoms with Gasteiger partial charge in [0.2, 0.25) is 5.95 Å². The highest BCUT2D eigenvalue weighted by Crippen LogP contribution is 2.38. The van der Waals surface area contributed by atoms with Crippen molar-refractivity contribution in [2.75, 3.05) is 30.4 Å². The molecule has 2 aliphatic rings. The van der Waals surface area contributed by atoms with E-state index in [2.05, 4.69) is 50.5 Å². The highest BCUT2D eigenvalue weighted by molar-refractivity contribution is 6.37. The first-order valence-electron chi connectivity index (χ1n) is 11.0. The van der Waals surface area contributed by atoms with E-state index in [0.29, 0.717) is 5.95 Å². The molecule has 0 saturated heterocycles. The topological polar surface area (TPSA) is 91.3 Å². The number of fused-ring (bicyclic) bond motifs is 4. The van der Waals surface area contributed by atoms with Crippen LogP contribution in [0.15, 0.2) is 53.8 Å². The zero-order valence-electron chi connectivity index (χ0n) is 18.5. The van der Waals surface area contributed by atoms with Gasteiger partial charge in [0.25, 0.3) is 0 Å². The lowest BCUT2D eigenvalue weighted by Crippen LogP contribution is -2.39. The lowest BCUT2D eigenvalue weighted by Gasteiger charge is -2.34. The van der Waals surface area contributed by atoms with Crippen molar-refractivity contribution in [3.05, 3.63) is 65.5 Å². The Morgan fingerprint density at radius 1 is 1.12 bits per heavy atom. The van der Waals surface area contributed by atoms with Crippen molar-refractivity contribution in [2.45, 2.75) is 13.3 Å². The molecule has 8 heteroatoms. The summed E-state index contributed by atoms with van der Waals surface area (Å²) in [4.78, 5) is 16.6. The summed E-state index contributed by atoms with van der Waals surface area (Å²) in [6.45, 7) is 3.79. The van der Waals surface area contributed by atoms with Gasteiger partial charge in [-0.05, 0) is 48.7 Å². The number of hydrogen-bond donors (Lipinski definition) is 2.